The average molecular weight is 250 g/mol. The van der Waals surface area contributed by atoms with Crippen molar-refractivity contribution in [1.82, 2.24) is 10.2 Å². The molecule has 0 aromatic heterocycles. The van der Waals surface area contributed by atoms with Crippen LogP contribution in [0.3, 0.4) is 0 Å². The van der Waals surface area contributed by atoms with Gasteiger partial charge in [0.05, 0.1) is 6.04 Å². The maximum absolute atomic E-state index is 12.9. The number of hydrogen-bond acceptors (Lipinski definition) is 2. The van der Waals surface area contributed by atoms with Gasteiger partial charge in [0.15, 0.2) is 0 Å². The third-order valence-corrected chi connectivity index (χ3v) is 3.31. The molecule has 1 aliphatic heterocycles. The Hall–Kier alpha value is -1.42. The second-order valence-electron chi connectivity index (χ2n) is 4.61. The van der Waals surface area contributed by atoms with Crippen LogP contribution in [0.2, 0.25) is 0 Å². The van der Waals surface area contributed by atoms with Crippen LogP contribution >= 0.6 is 0 Å². The molecular formula is C14H19FN2O. The average Bonchev–Trinajstić information content (AvgIpc) is 2.69. The van der Waals surface area contributed by atoms with Gasteiger partial charge in [-0.2, -0.15) is 0 Å². The summed E-state index contributed by atoms with van der Waals surface area (Å²) >= 11 is 0. The standard InChI is InChI=1S/C14H19FN2O/c1-3-9-17-13(16-12(4-2)14(17)18)10-5-7-11(15)8-6-10/h5-8,12-13,16H,3-4,9H2,1-2H3. The molecule has 0 saturated carbocycles. The topological polar surface area (TPSA) is 32.3 Å². The molecule has 4 heteroatoms. The molecule has 0 bridgehead atoms. The van der Waals surface area contributed by atoms with Crippen LogP contribution in [0, 0.1) is 5.82 Å². The fourth-order valence-corrected chi connectivity index (χ4v) is 2.37. The lowest BCUT2D eigenvalue weighted by Crippen LogP contribution is -2.31. The van der Waals surface area contributed by atoms with Crippen molar-refractivity contribution < 1.29 is 9.18 Å². The highest BCUT2D eigenvalue weighted by atomic mass is 19.1. The summed E-state index contributed by atoms with van der Waals surface area (Å²) in [7, 11) is 0. The molecule has 0 aliphatic carbocycles. The number of rotatable bonds is 4. The smallest absolute Gasteiger partial charge is 0.241 e. The first-order valence-corrected chi connectivity index (χ1v) is 6.49. The highest BCUT2D eigenvalue weighted by Gasteiger charge is 2.37. The van der Waals surface area contributed by atoms with Gasteiger partial charge >= 0.3 is 0 Å². The van der Waals surface area contributed by atoms with E-state index in [0.717, 1.165) is 24.9 Å². The van der Waals surface area contributed by atoms with Crippen molar-refractivity contribution in [3.05, 3.63) is 35.6 Å². The number of carbonyl (C=O) groups excluding carboxylic acids is 1. The van der Waals surface area contributed by atoms with E-state index in [-0.39, 0.29) is 23.9 Å². The Morgan fingerprint density at radius 1 is 1.28 bits per heavy atom. The molecule has 2 unspecified atom stereocenters. The molecule has 2 atom stereocenters. The lowest BCUT2D eigenvalue weighted by molar-refractivity contribution is -0.130. The first-order chi connectivity index (χ1) is 8.67. The second-order valence-corrected chi connectivity index (χ2v) is 4.61. The molecule has 1 amide bonds. The number of nitrogens with one attached hydrogen (secondary N) is 1. The van der Waals surface area contributed by atoms with Gasteiger partial charge in [0.2, 0.25) is 5.91 Å². The molecule has 1 aliphatic rings. The molecule has 1 N–H and O–H groups in total. The molecule has 98 valence electrons. The second kappa shape index (κ2) is 5.48. The third-order valence-electron chi connectivity index (χ3n) is 3.31. The van der Waals surface area contributed by atoms with Gasteiger partial charge in [-0.05, 0) is 30.5 Å². The van der Waals surface area contributed by atoms with Crippen molar-refractivity contribution in [2.24, 2.45) is 0 Å². The van der Waals surface area contributed by atoms with Gasteiger partial charge in [0.1, 0.15) is 12.0 Å². The van der Waals surface area contributed by atoms with Gasteiger partial charge in [-0.3, -0.25) is 10.1 Å². The Balaban J connectivity index is 2.24. The maximum atomic E-state index is 12.9. The van der Waals surface area contributed by atoms with Crippen LogP contribution < -0.4 is 5.32 Å². The SMILES string of the molecule is CCCN1C(=O)C(CC)NC1c1ccc(F)cc1. The summed E-state index contributed by atoms with van der Waals surface area (Å²) < 4.78 is 12.9. The summed E-state index contributed by atoms with van der Waals surface area (Å²) in [5.74, 6) is -0.106. The van der Waals surface area contributed by atoms with Gasteiger partial charge in [0, 0.05) is 6.54 Å². The minimum Gasteiger partial charge on any atom is -0.322 e. The normalized spacial score (nSPS) is 23.7. The van der Waals surface area contributed by atoms with Crippen molar-refractivity contribution in [1.29, 1.82) is 0 Å². The lowest BCUT2D eigenvalue weighted by atomic mass is 10.1. The number of halogens is 1. The van der Waals surface area contributed by atoms with E-state index in [0.29, 0.717) is 0 Å². The van der Waals surface area contributed by atoms with Gasteiger partial charge in [-0.15, -0.1) is 0 Å². The van der Waals surface area contributed by atoms with Crippen LogP contribution in [0.4, 0.5) is 4.39 Å². The quantitative estimate of drug-likeness (QED) is 0.890. The summed E-state index contributed by atoms with van der Waals surface area (Å²) in [6.07, 6.45) is 1.57. The minimum absolute atomic E-state index is 0.119. The number of carbonyl (C=O) groups is 1. The van der Waals surface area contributed by atoms with Crippen molar-refractivity contribution in [3.8, 4) is 0 Å². The van der Waals surface area contributed by atoms with Crippen molar-refractivity contribution in [2.75, 3.05) is 6.54 Å². The van der Waals surface area contributed by atoms with E-state index in [1.54, 1.807) is 12.1 Å². The molecule has 1 fully saturated rings. The Labute approximate surface area is 107 Å². The molecule has 2 rings (SSSR count). The zero-order valence-corrected chi connectivity index (χ0v) is 10.8. The number of nitrogens with zero attached hydrogens (tertiary/aromatic N) is 1. The molecule has 1 saturated heterocycles. The summed E-state index contributed by atoms with van der Waals surface area (Å²) in [6.45, 7) is 4.77. The van der Waals surface area contributed by atoms with Gasteiger partial charge < -0.3 is 4.90 Å². The van der Waals surface area contributed by atoms with E-state index in [1.165, 1.54) is 12.1 Å². The predicted molar refractivity (Wildman–Crippen MR) is 68.4 cm³/mol. The van der Waals surface area contributed by atoms with Gasteiger partial charge in [-0.25, -0.2) is 4.39 Å². The van der Waals surface area contributed by atoms with Gasteiger partial charge in [0.25, 0.3) is 0 Å². The largest absolute Gasteiger partial charge is 0.322 e. The zero-order chi connectivity index (χ0) is 13.1. The van der Waals surface area contributed by atoms with Crippen LogP contribution in [0.25, 0.3) is 0 Å². The maximum Gasteiger partial charge on any atom is 0.241 e. The van der Waals surface area contributed by atoms with Crippen molar-refractivity contribution >= 4 is 5.91 Å². The molecule has 0 spiro atoms. The summed E-state index contributed by atoms with van der Waals surface area (Å²) in [4.78, 5) is 14.0. The summed E-state index contributed by atoms with van der Waals surface area (Å²) in [5.41, 5.74) is 0.939. The Morgan fingerprint density at radius 3 is 2.50 bits per heavy atom. The van der Waals surface area contributed by atoms with E-state index >= 15 is 0 Å². The fraction of sp³-hybridized carbons (Fsp3) is 0.500. The highest BCUT2D eigenvalue weighted by molar-refractivity contribution is 5.84. The van der Waals surface area contributed by atoms with Crippen LogP contribution in [0.5, 0.6) is 0 Å². The number of benzene rings is 1. The molecule has 3 nitrogen and oxygen atoms in total. The Morgan fingerprint density at radius 2 is 1.94 bits per heavy atom. The molecule has 1 aromatic rings. The Bertz CT molecular complexity index is 418. The van der Waals surface area contributed by atoms with Crippen LogP contribution in [-0.2, 0) is 4.79 Å². The van der Waals surface area contributed by atoms with Crippen LogP contribution in [-0.4, -0.2) is 23.4 Å². The third kappa shape index (κ3) is 2.38. The summed E-state index contributed by atoms with van der Waals surface area (Å²) in [5, 5.41) is 3.31. The van der Waals surface area contributed by atoms with E-state index in [1.807, 2.05) is 18.7 Å². The molecule has 1 heterocycles. The highest BCUT2D eigenvalue weighted by Crippen LogP contribution is 2.26. The van der Waals surface area contributed by atoms with E-state index in [9.17, 15) is 9.18 Å². The van der Waals surface area contributed by atoms with Crippen molar-refractivity contribution in [3.63, 3.8) is 0 Å². The molecular weight excluding hydrogens is 231 g/mol. The van der Waals surface area contributed by atoms with E-state index < -0.39 is 0 Å². The van der Waals surface area contributed by atoms with Crippen LogP contribution in [0.1, 0.15) is 38.4 Å². The van der Waals surface area contributed by atoms with Crippen LogP contribution in [0.15, 0.2) is 24.3 Å². The number of amides is 1. The monoisotopic (exact) mass is 250 g/mol. The predicted octanol–water partition coefficient (Wildman–Crippen LogP) is 2.44. The van der Waals surface area contributed by atoms with Gasteiger partial charge in [-0.1, -0.05) is 26.0 Å². The minimum atomic E-state index is -0.253. The van der Waals surface area contributed by atoms with Crippen molar-refractivity contribution in [2.45, 2.75) is 38.9 Å². The van der Waals surface area contributed by atoms with E-state index in [4.69, 9.17) is 0 Å². The molecule has 18 heavy (non-hydrogen) atoms. The molecule has 0 radical (unpaired) electrons. The zero-order valence-electron chi connectivity index (χ0n) is 10.8. The lowest BCUT2D eigenvalue weighted by Gasteiger charge is -2.24. The first-order valence-electron chi connectivity index (χ1n) is 6.49. The number of hydrogen-bond donors (Lipinski definition) is 1. The van der Waals surface area contributed by atoms with E-state index in [2.05, 4.69) is 5.32 Å². The fourth-order valence-electron chi connectivity index (χ4n) is 2.37. The Kier molecular flexibility index (Phi) is 3.97. The molecule has 1 aromatic carbocycles. The summed E-state index contributed by atoms with van der Waals surface area (Å²) in [6, 6.07) is 6.23. The first kappa shape index (κ1) is 13.0.